The highest BCUT2D eigenvalue weighted by molar-refractivity contribution is 5.35. The minimum absolute atomic E-state index is 0.0992. The lowest BCUT2D eigenvalue weighted by Crippen LogP contribution is -2.48. The van der Waals surface area contributed by atoms with Crippen LogP contribution in [0.1, 0.15) is 11.6 Å². The maximum absolute atomic E-state index is 12.3. The first kappa shape index (κ1) is 17.5. The van der Waals surface area contributed by atoms with Crippen molar-refractivity contribution in [3.8, 4) is 6.07 Å². The molecule has 1 atom stereocenters. The molecule has 3 heterocycles. The lowest BCUT2D eigenvalue weighted by molar-refractivity contribution is 0.110. The number of aromatic nitrogens is 3. The van der Waals surface area contributed by atoms with Crippen molar-refractivity contribution >= 4 is 5.65 Å². The Balaban J connectivity index is 1.35. The zero-order valence-electron chi connectivity index (χ0n) is 15.1. The van der Waals surface area contributed by atoms with E-state index in [2.05, 4.69) is 21.0 Å². The molecule has 0 N–H and O–H groups in total. The molecule has 0 amide bonds. The molecule has 2 aromatic heterocycles. The first-order valence-corrected chi connectivity index (χ1v) is 9.21. The minimum atomic E-state index is -0.200. The van der Waals surface area contributed by atoms with Gasteiger partial charge in [-0.1, -0.05) is 36.4 Å². The van der Waals surface area contributed by atoms with E-state index < -0.39 is 0 Å². The first-order valence-electron chi connectivity index (χ1n) is 9.21. The van der Waals surface area contributed by atoms with Gasteiger partial charge in [0.25, 0.3) is 0 Å². The van der Waals surface area contributed by atoms with Gasteiger partial charge in [0.1, 0.15) is 6.04 Å². The number of rotatable bonds is 5. The highest BCUT2D eigenvalue weighted by Gasteiger charge is 2.24. The van der Waals surface area contributed by atoms with Crippen molar-refractivity contribution in [3.05, 3.63) is 70.8 Å². The van der Waals surface area contributed by atoms with E-state index in [0.717, 1.165) is 38.3 Å². The number of benzene rings is 1. The molecule has 138 valence electrons. The fourth-order valence-corrected chi connectivity index (χ4v) is 3.60. The molecule has 4 rings (SSSR count). The van der Waals surface area contributed by atoms with Gasteiger partial charge in [0.05, 0.1) is 12.6 Å². The average molecular weight is 362 g/mol. The molecule has 0 radical (unpaired) electrons. The van der Waals surface area contributed by atoms with Crippen LogP contribution in [0, 0.1) is 11.3 Å². The van der Waals surface area contributed by atoms with Gasteiger partial charge in [-0.3, -0.25) is 14.2 Å². The number of nitrogens with zero attached hydrogens (tertiary/aromatic N) is 6. The third-order valence-electron chi connectivity index (χ3n) is 5.13. The van der Waals surface area contributed by atoms with Gasteiger partial charge in [-0.15, -0.1) is 5.10 Å². The SMILES string of the molecule is N#CC(c1ccccc1)N1CCN(CCn2nc3ccccn3c2=O)CC1. The molecule has 27 heavy (non-hydrogen) atoms. The molecule has 1 aromatic carbocycles. The lowest BCUT2D eigenvalue weighted by Gasteiger charge is -2.36. The predicted octanol–water partition coefficient (Wildman–Crippen LogP) is 1.38. The molecule has 1 aliphatic rings. The zero-order chi connectivity index (χ0) is 18.6. The summed E-state index contributed by atoms with van der Waals surface area (Å²) in [7, 11) is 0. The highest BCUT2D eigenvalue weighted by atomic mass is 16.2. The summed E-state index contributed by atoms with van der Waals surface area (Å²) in [6.07, 6.45) is 1.74. The summed E-state index contributed by atoms with van der Waals surface area (Å²) in [6, 6.07) is 17.7. The minimum Gasteiger partial charge on any atom is -0.299 e. The third kappa shape index (κ3) is 3.63. The van der Waals surface area contributed by atoms with Crippen LogP contribution < -0.4 is 5.69 Å². The summed E-state index contributed by atoms with van der Waals surface area (Å²) in [5.41, 5.74) is 1.62. The monoisotopic (exact) mass is 362 g/mol. The van der Waals surface area contributed by atoms with Crippen molar-refractivity contribution in [1.29, 1.82) is 5.26 Å². The van der Waals surface area contributed by atoms with Gasteiger partial charge in [-0.2, -0.15) is 5.26 Å². The Labute approximate surface area is 157 Å². The number of pyridine rings is 1. The predicted molar refractivity (Wildman–Crippen MR) is 102 cm³/mol. The summed E-state index contributed by atoms with van der Waals surface area (Å²) in [4.78, 5) is 16.9. The Hall–Kier alpha value is -2.95. The summed E-state index contributed by atoms with van der Waals surface area (Å²) in [5, 5.41) is 14.0. The molecule has 7 heteroatoms. The molecule has 3 aromatic rings. The fourth-order valence-electron chi connectivity index (χ4n) is 3.60. The van der Waals surface area contributed by atoms with Crippen LogP contribution in [0.25, 0.3) is 5.65 Å². The summed E-state index contributed by atoms with van der Waals surface area (Å²) >= 11 is 0. The maximum atomic E-state index is 12.3. The van der Waals surface area contributed by atoms with Crippen molar-refractivity contribution in [3.63, 3.8) is 0 Å². The number of nitriles is 1. The van der Waals surface area contributed by atoms with E-state index >= 15 is 0 Å². The van der Waals surface area contributed by atoms with Crippen LogP contribution in [-0.2, 0) is 6.54 Å². The van der Waals surface area contributed by atoms with E-state index in [1.807, 2.05) is 48.5 Å². The first-order chi connectivity index (χ1) is 13.3. The number of hydrogen-bond donors (Lipinski definition) is 0. The summed E-state index contributed by atoms with van der Waals surface area (Å²) < 4.78 is 3.10. The Bertz CT molecular complexity index is 994. The summed E-state index contributed by atoms with van der Waals surface area (Å²) in [5.74, 6) is 0. The zero-order valence-corrected chi connectivity index (χ0v) is 15.1. The molecule has 1 aliphatic heterocycles. The van der Waals surface area contributed by atoms with E-state index in [9.17, 15) is 10.1 Å². The normalized spacial score (nSPS) is 17.0. The van der Waals surface area contributed by atoms with Crippen molar-refractivity contribution < 1.29 is 0 Å². The Morgan fingerprint density at radius 2 is 1.74 bits per heavy atom. The van der Waals surface area contributed by atoms with Gasteiger partial charge in [-0.05, 0) is 17.7 Å². The second-order valence-corrected chi connectivity index (χ2v) is 6.75. The quantitative estimate of drug-likeness (QED) is 0.686. The van der Waals surface area contributed by atoms with E-state index in [-0.39, 0.29) is 11.7 Å². The van der Waals surface area contributed by atoms with Crippen LogP contribution in [0.4, 0.5) is 0 Å². The Kier molecular flexibility index (Phi) is 5.01. The van der Waals surface area contributed by atoms with E-state index in [0.29, 0.717) is 12.2 Å². The van der Waals surface area contributed by atoms with Crippen LogP contribution in [0.15, 0.2) is 59.5 Å². The average Bonchev–Trinajstić information content (AvgIpc) is 3.05. The van der Waals surface area contributed by atoms with Crippen molar-refractivity contribution in [2.75, 3.05) is 32.7 Å². The molecule has 1 unspecified atom stereocenters. The second-order valence-electron chi connectivity index (χ2n) is 6.75. The van der Waals surface area contributed by atoms with Crippen LogP contribution >= 0.6 is 0 Å². The molecule has 1 saturated heterocycles. The van der Waals surface area contributed by atoms with Crippen LogP contribution in [0.3, 0.4) is 0 Å². The van der Waals surface area contributed by atoms with Crippen LogP contribution in [0.2, 0.25) is 0 Å². The molecule has 0 aliphatic carbocycles. The molecule has 0 saturated carbocycles. The Morgan fingerprint density at radius 3 is 2.44 bits per heavy atom. The molecular formula is C20H22N6O. The van der Waals surface area contributed by atoms with Crippen molar-refractivity contribution in [2.45, 2.75) is 12.6 Å². The van der Waals surface area contributed by atoms with Crippen LogP contribution in [-0.4, -0.2) is 56.7 Å². The molecule has 0 bridgehead atoms. The molecule has 0 spiro atoms. The third-order valence-corrected chi connectivity index (χ3v) is 5.13. The van der Waals surface area contributed by atoms with Gasteiger partial charge in [-0.25, -0.2) is 9.48 Å². The smallest absolute Gasteiger partial charge is 0.299 e. The van der Waals surface area contributed by atoms with E-state index in [4.69, 9.17) is 0 Å². The highest BCUT2D eigenvalue weighted by Crippen LogP contribution is 2.21. The van der Waals surface area contributed by atoms with Gasteiger partial charge >= 0.3 is 5.69 Å². The largest absolute Gasteiger partial charge is 0.350 e. The maximum Gasteiger partial charge on any atom is 0.350 e. The van der Waals surface area contributed by atoms with E-state index in [1.165, 1.54) is 4.68 Å². The second kappa shape index (κ2) is 7.74. The number of hydrogen-bond acceptors (Lipinski definition) is 5. The van der Waals surface area contributed by atoms with Gasteiger partial charge in [0, 0.05) is 38.9 Å². The van der Waals surface area contributed by atoms with Gasteiger partial charge in [0.15, 0.2) is 5.65 Å². The Morgan fingerprint density at radius 1 is 1.00 bits per heavy atom. The molecule has 1 fully saturated rings. The number of piperazine rings is 1. The van der Waals surface area contributed by atoms with Crippen molar-refractivity contribution in [1.82, 2.24) is 24.0 Å². The summed E-state index contributed by atoms with van der Waals surface area (Å²) in [6.45, 7) is 4.79. The standard InChI is InChI=1S/C20H22N6O/c21-16-18(17-6-2-1-3-7-17)24-13-10-23(11-14-24)12-15-26-20(27)25-9-5-4-8-19(25)22-26/h1-9,18H,10-15H2. The van der Waals surface area contributed by atoms with E-state index in [1.54, 1.807) is 10.6 Å². The molecular weight excluding hydrogens is 340 g/mol. The fraction of sp³-hybridized carbons (Fsp3) is 0.350. The topological polar surface area (TPSA) is 69.6 Å². The van der Waals surface area contributed by atoms with Gasteiger partial charge in [0.2, 0.25) is 0 Å². The number of fused-ring (bicyclic) bond motifs is 1. The molecule has 7 nitrogen and oxygen atoms in total. The van der Waals surface area contributed by atoms with Crippen LogP contribution in [0.5, 0.6) is 0 Å². The lowest BCUT2D eigenvalue weighted by atomic mass is 10.1. The van der Waals surface area contributed by atoms with Crippen molar-refractivity contribution in [2.24, 2.45) is 0 Å². The van der Waals surface area contributed by atoms with Gasteiger partial charge < -0.3 is 0 Å².